The van der Waals surface area contributed by atoms with Crippen molar-refractivity contribution >= 4 is 149 Å². The molecule has 8 rings (SSSR count). The monoisotopic (exact) mass is 1120 g/mol. The molecule has 0 radical (unpaired) electrons. The van der Waals surface area contributed by atoms with Gasteiger partial charge < -0.3 is 34.9 Å². The SMILES string of the molecule is CCc1c(N=Nc2c(O)c(C(=O)Nc3ccc(OC)cc3)cc3ccccc23)cc(Cl)cc1S(=O)(=O)O.CCc1c(N=Nc2c([O-])c(C(=O)Nc3ccc(OC)cc3)cc3ccccc23)cc(Cl)cc1S(=O)(=O)[O-].[Ca+2]. The first kappa shape index (κ1) is 57.6. The molecular formula is C52H42CaCl2N6O12S2. The van der Waals surface area contributed by atoms with Crippen molar-refractivity contribution in [1.29, 1.82) is 0 Å². The van der Waals surface area contributed by atoms with Crippen LogP contribution in [0.15, 0.2) is 164 Å². The summed E-state index contributed by atoms with van der Waals surface area (Å²) in [7, 11) is -6.33. The molecule has 4 N–H and O–H groups in total. The Labute approximate surface area is 470 Å². The van der Waals surface area contributed by atoms with Gasteiger partial charge in [-0.15, -0.1) is 5.11 Å². The van der Waals surface area contributed by atoms with Crippen LogP contribution in [0, 0.1) is 0 Å². The van der Waals surface area contributed by atoms with Gasteiger partial charge in [0.25, 0.3) is 21.9 Å². The van der Waals surface area contributed by atoms with Gasteiger partial charge in [0.15, 0.2) is 5.75 Å². The number of halogens is 2. The van der Waals surface area contributed by atoms with Crippen LogP contribution in [0.2, 0.25) is 10.0 Å². The number of ether oxygens (including phenoxy) is 2. The maximum Gasteiger partial charge on any atom is 2.00 e. The van der Waals surface area contributed by atoms with E-state index in [1.54, 1.807) is 111 Å². The number of azo groups is 2. The van der Waals surface area contributed by atoms with Crippen molar-refractivity contribution in [3.05, 3.63) is 166 Å². The first-order valence-corrected chi connectivity index (χ1v) is 25.6. The Morgan fingerprint density at radius 3 is 1.47 bits per heavy atom. The third-order valence-corrected chi connectivity index (χ3v) is 13.5. The van der Waals surface area contributed by atoms with Crippen molar-refractivity contribution in [2.24, 2.45) is 20.5 Å². The van der Waals surface area contributed by atoms with Crippen molar-refractivity contribution in [2.45, 2.75) is 36.5 Å². The summed E-state index contributed by atoms with van der Waals surface area (Å²) >= 11 is 12.1. The summed E-state index contributed by atoms with van der Waals surface area (Å²) in [4.78, 5) is 25.2. The molecule has 0 aliphatic heterocycles. The number of benzene rings is 8. The second-order valence-electron chi connectivity index (χ2n) is 15.9. The van der Waals surface area contributed by atoms with Crippen LogP contribution in [0.3, 0.4) is 0 Å². The molecule has 0 unspecified atom stereocenters. The minimum Gasteiger partial charge on any atom is -0.870 e. The van der Waals surface area contributed by atoms with Gasteiger partial charge in [-0.25, -0.2) is 8.42 Å². The average Bonchev–Trinajstić information content (AvgIpc) is 3.37. The molecule has 0 saturated heterocycles. The van der Waals surface area contributed by atoms with Crippen LogP contribution in [-0.2, 0) is 33.1 Å². The second kappa shape index (κ2) is 24.7. The van der Waals surface area contributed by atoms with Gasteiger partial charge in [0.05, 0.1) is 41.7 Å². The summed E-state index contributed by atoms with van der Waals surface area (Å²) in [5.74, 6) is -1.08. The standard InChI is InChI=1S/2C26H22ClN3O6S.Ca/c2*1-3-19-22(13-16(27)14-23(19)37(33,34)35)29-30-24-20-7-5-4-6-15(20)12-21(25(24)31)26(32)28-17-8-10-18(36-2)11-9-17;/h2*4-14,31H,3H2,1-2H3,(H,28,32)(H,33,34,35);/q;;+2/p-2. The quantitative estimate of drug-likeness (QED) is 0.0449. The van der Waals surface area contributed by atoms with E-state index < -0.39 is 48.4 Å². The van der Waals surface area contributed by atoms with Crippen LogP contribution in [0.1, 0.15) is 45.7 Å². The second-order valence-corrected chi connectivity index (χ2v) is 19.5. The fraction of sp³-hybridized carbons (Fsp3) is 0.115. The van der Waals surface area contributed by atoms with E-state index in [4.69, 9.17) is 32.7 Å². The number of methoxy groups -OCH3 is 2. The molecule has 380 valence electrons. The van der Waals surface area contributed by atoms with E-state index in [2.05, 4.69) is 31.1 Å². The van der Waals surface area contributed by atoms with E-state index in [9.17, 15) is 45.7 Å². The molecule has 0 fully saturated rings. The molecule has 0 heterocycles. The van der Waals surface area contributed by atoms with Gasteiger partial charge in [-0.05, 0) is 114 Å². The number of phenols is 1. The predicted molar refractivity (Wildman–Crippen MR) is 284 cm³/mol. The molecule has 0 saturated carbocycles. The molecule has 0 aromatic heterocycles. The normalized spacial score (nSPS) is 11.5. The summed E-state index contributed by atoms with van der Waals surface area (Å²) in [6, 6.07) is 35.0. The molecule has 75 heavy (non-hydrogen) atoms. The number of nitrogens with one attached hydrogen (secondary N) is 2. The molecule has 0 aliphatic carbocycles. The molecule has 0 bridgehead atoms. The number of nitrogens with zero attached hydrogens (tertiary/aromatic N) is 4. The Bertz CT molecular complexity index is 3530. The Kier molecular flexibility index (Phi) is 19.0. The van der Waals surface area contributed by atoms with E-state index in [1.165, 1.54) is 38.5 Å². The van der Waals surface area contributed by atoms with Gasteiger partial charge in [-0.2, -0.15) is 23.8 Å². The Balaban J connectivity index is 0.000000241. The zero-order valence-electron chi connectivity index (χ0n) is 40.2. The van der Waals surface area contributed by atoms with Crippen LogP contribution >= 0.6 is 23.2 Å². The summed E-state index contributed by atoms with van der Waals surface area (Å²) in [5, 5.41) is 48.5. The molecule has 18 nitrogen and oxygen atoms in total. The number of hydrogen-bond acceptors (Lipinski definition) is 15. The van der Waals surface area contributed by atoms with Gasteiger partial charge >= 0.3 is 37.7 Å². The molecule has 8 aromatic rings. The fourth-order valence-corrected chi connectivity index (χ4v) is 9.87. The zero-order valence-corrected chi connectivity index (χ0v) is 45.5. The number of anilines is 2. The maximum atomic E-state index is 13.4. The van der Waals surface area contributed by atoms with Crippen LogP contribution < -0.4 is 25.2 Å². The van der Waals surface area contributed by atoms with Crippen LogP contribution in [0.4, 0.5) is 34.1 Å². The van der Waals surface area contributed by atoms with E-state index in [1.807, 2.05) is 0 Å². The third kappa shape index (κ3) is 13.6. The largest absolute Gasteiger partial charge is 2.00 e. The number of amides is 2. The van der Waals surface area contributed by atoms with E-state index in [0.717, 1.165) is 12.1 Å². The van der Waals surface area contributed by atoms with Crippen LogP contribution in [0.25, 0.3) is 21.5 Å². The molecule has 0 spiro atoms. The van der Waals surface area contributed by atoms with Gasteiger partial charge in [0.1, 0.15) is 32.2 Å². The van der Waals surface area contributed by atoms with Gasteiger partial charge in [-0.3, -0.25) is 14.1 Å². The van der Waals surface area contributed by atoms with Crippen molar-refractivity contribution in [3.8, 4) is 23.0 Å². The summed E-state index contributed by atoms with van der Waals surface area (Å²) in [5.41, 5.74) is 1.09. The van der Waals surface area contributed by atoms with Gasteiger partial charge in [0.2, 0.25) is 0 Å². The van der Waals surface area contributed by atoms with Crippen molar-refractivity contribution in [2.75, 3.05) is 24.9 Å². The first-order valence-electron chi connectivity index (χ1n) is 22.0. The van der Waals surface area contributed by atoms with E-state index >= 15 is 0 Å². The average molecular weight is 1120 g/mol. The molecule has 0 atom stereocenters. The van der Waals surface area contributed by atoms with Crippen LogP contribution in [0.5, 0.6) is 23.0 Å². The first-order chi connectivity index (χ1) is 35.2. The molecule has 0 aliphatic rings. The topological polar surface area (TPSA) is 281 Å². The number of carbonyl (C=O) groups is 2. The number of phenolic OH excluding ortho intramolecular Hbond substituents is 1. The number of aromatic hydroxyl groups is 1. The maximum absolute atomic E-state index is 13.4. The minimum atomic E-state index is -4.83. The van der Waals surface area contributed by atoms with Crippen molar-refractivity contribution in [1.82, 2.24) is 0 Å². The summed E-state index contributed by atoms with van der Waals surface area (Å²) in [6.07, 6.45) is 0.356. The predicted octanol–water partition coefficient (Wildman–Crippen LogP) is 12.0. The van der Waals surface area contributed by atoms with Crippen molar-refractivity contribution < 1.29 is 55.2 Å². The minimum absolute atomic E-state index is 0. The third-order valence-electron chi connectivity index (χ3n) is 11.2. The number of fused-ring (bicyclic) bond motifs is 2. The number of carbonyl (C=O) groups excluding carboxylic acids is 2. The smallest absolute Gasteiger partial charge is 0.870 e. The van der Waals surface area contributed by atoms with Gasteiger partial charge in [-0.1, -0.05) is 91.3 Å². The summed E-state index contributed by atoms with van der Waals surface area (Å²) < 4.78 is 78.8. The fourth-order valence-electron chi connectivity index (χ4n) is 7.66. The molecule has 2 amide bonds. The number of hydrogen-bond donors (Lipinski definition) is 4. The molecule has 23 heteroatoms. The van der Waals surface area contributed by atoms with E-state index in [0.29, 0.717) is 44.4 Å². The zero-order chi connectivity index (χ0) is 53.5. The summed E-state index contributed by atoms with van der Waals surface area (Å²) in [6.45, 7) is 3.34. The van der Waals surface area contributed by atoms with Crippen molar-refractivity contribution in [3.63, 3.8) is 0 Å². The van der Waals surface area contributed by atoms with Gasteiger partial charge in [0, 0.05) is 43.3 Å². The van der Waals surface area contributed by atoms with Crippen LogP contribution in [-0.4, -0.2) is 94.8 Å². The number of rotatable bonds is 14. The Morgan fingerprint density at radius 2 is 1.01 bits per heavy atom. The Hall–Kier alpha value is -6.72. The van der Waals surface area contributed by atoms with E-state index in [-0.39, 0.29) is 111 Å². The Morgan fingerprint density at radius 1 is 0.600 bits per heavy atom. The molecule has 8 aromatic carbocycles. The molecular weight excluding hydrogens is 1080 g/mol.